The summed E-state index contributed by atoms with van der Waals surface area (Å²) < 4.78 is 7.03. The molecule has 0 aliphatic heterocycles. The van der Waals surface area contributed by atoms with E-state index in [0.29, 0.717) is 5.56 Å². The Morgan fingerprint density at radius 1 is 0.323 bits per heavy atom. The number of fused-ring (bicyclic) bond motifs is 9. The molecule has 3 heterocycles. The Balaban J connectivity index is 1.15. The largest absolute Gasteiger partial charge is 0.308 e. The summed E-state index contributed by atoms with van der Waals surface area (Å²) in [6.07, 6.45) is 0. The lowest BCUT2D eigenvalue weighted by atomic mass is 10.0. The van der Waals surface area contributed by atoms with Crippen LogP contribution in [0.25, 0.3) is 120 Å². The van der Waals surface area contributed by atoms with Crippen molar-refractivity contribution in [2.24, 2.45) is 0 Å². The van der Waals surface area contributed by atoms with Crippen molar-refractivity contribution in [1.82, 2.24) is 9.13 Å². The lowest BCUT2D eigenvalue weighted by Crippen LogP contribution is -2.02. The Kier molecular flexibility index (Phi) is 8.46. The molecule has 65 heavy (non-hydrogen) atoms. The standard InChI is InChI=1S/C61H37N3S/c62-38-52-57(63-53-29-25-43(39-15-5-1-6-16-39)33-48(53)49-34-44(26-30-54(49)63)40-17-7-2-8-18-40)37-58(61-60(52)47-23-13-14-24-59(47)65-61)64-55-31-27-45(41-19-9-3-10-20-41)35-50(55)51-36-46(28-32-56(51)64)42-21-11-4-12-22-42/h1-37H. The van der Waals surface area contributed by atoms with Gasteiger partial charge in [0.15, 0.2) is 0 Å². The maximum absolute atomic E-state index is 11.5. The third-order valence-corrected chi connectivity index (χ3v) is 14.4. The Hall–Kier alpha value is -8.49. The molecule has 10 aromatic carbocycles. The molecule has 13 aromatic rings. The van der Waals surface area contributed by atoms with Crippen molar-refractivity contribution >= 4 is 75.1 Å². The van der Waals surface area contributed by atoms with Gasteiger partial charge in [0.2, 0.25) is 0 Å². The van der Waals surface area contributed by atoms with E-state index in [1.165, 1.54) is 33.0 Å². The molecule has 4 heteroatoms. The van der Waals surface area contributed by atoms with E-state index in [2.05, 4.69) is 240 Å². The molecule has 13 rings (SSSR count). The van der Waals surface area contributed by atoms with Crippen LogP contribution >= 0.6 is 11.3 Å². The quantitative estimate of drug-likeness (QED) is 0.164. The van der Waals surface area contributed by atoms with Crippen LogP contribution in [0.4, 0.5) is 0 Å². The summed E-state index contributed by atoms with van der Waals surface area (Å²) in [7, 11) is 0. The molecule has 0 bridgehead atoms. The maximum Gasteiger partial charge on any atom is 0.102 e. The molecule has 3 nitrogen and oxygen atoms in total. The van der Waals surface area contributed by atoms with Crippen molar-refractivity contribution in [1.29, 1.82) is 5.26 Å². The number of aromatic nitrogens is 2. The monoisotopic (exact) mass is 843 g/mol. The molecule has 0 saturated carbocycles. The average Bonchev–Trinajstić information content (AvgIpc) is 4.04. The summed E-state index contributed by atoms with van der Waals surface area (Å²) >= 11 is 1.76. The van der Waals surface area contributed by atoms with Gasteiger partial charge < -0.3 is 9.13 Å². The first-order valence-corrected chi connectivity index (χ1v) is 22.8. The van der Waals surface area contributed by atoms with Crippen LogP contribution in [0.5, 0.6) is 0 Å². The second kappa shape index (κ2) is 14.8. The molecule has 0 spiro atoms. The van der Waals surface area contributed by atoms with Crippen LogP contribution in [0.15, 0.2) is 224 Å². The molecule has 0 saturated heterocycles. The van der Waals surface area contributed by atoms with E-state index in [9.17, 15) is 5.26 Å². The Morgan fingerprint density at radius 2 is 0.677 bits per heavy atom. The molecule has 3 aromatic heterocycles. The fraction of sp³-hybridized carbons (Fsp3) is 0. The van der Waals surface area contributed by atoms with Crippen molar-refractivity contribution in [3.05, 3.63) is 230 Å². The summed E-state index contributed by atoms with van der Waals surface area (Å²) in [5, 5.41) is 18.2. The third kappa shape index (κ3) is 5.87. The Morgan fingerprint density at radius 3 is 1.06 bits per heavy atom. The number of nitrogens with zero attached hydrogens (tertiary/aromatic N) is 3. The van der Waals surface area contributed by atoms with E-state index in [1.54, 1.807) is 11.3 Å². The van der Waals surface area contributed by atoms with Gasteiger partial charge >= 0.3 is 0 Å². The van der Waals surface area contributed by atoms with E-state index in [1.807, 2.05) is 0 Å². The second-order valence-electron chi connectivity index (χ2n) is 16.8. The van der Waals surface area contributed by atoms with Gasteiger partial charge in [-0.2, -0.15) is 5.26 Å². The predicted octanol–water partition coefficient (Wildman–Crippen LogP) is 16.8. The highest BCUT2D eigenvalue weighted by atomic mass is 32.1. The summed E-state index contributed by atoms with van der Waals surface area (Å²) in [4.78, 5) is 0. The molecule has 0 fully saturated rings. The van der Waals surface area contributed by atoms with Crippen molar-refractivity contribution < 1.29 is 0 Å². The van der Waals surface area contributed by atoms with Crippen LogP contribution < -0.4 is 0 Å². The molecule has 0 atom stereocenters. The molecule has 0 aliphatic carbocycles. The molecule has 302 valence electrons. The topological polar surface area (TPSA) is 33.6 Å². The van der Waals surface area contributed by atoms with Gasteiger partial charge in [0.25, 0.3) is 0 Å². The summed E-state index contributed by atoms with van der Waals surface area (Å²) in [5.41, 5.74) is 16.2. The highest BCUT2D eigenvalue weighted by Gasteiger charge is 2.25. The minimum atomic E-state index is 0.665. The number of rotatable bonds is 6. The molecule has 0 amide bonds. The zero-order valence-electron chi connectivity index (χ0n) is 35.1. The first-order valence-electron chi connectivity index (χ1n) is 22.0. The van der Waals surface area contributed by atoms with Gasteiger partial charge in [-0.1, -0.05) is 164 Å². The zero-order valence-corrected chi connectivity index (χ0v) is 35.9. The second-order valence-corrected chi connectivity index (χ2v) is 17.8. The number of hydrogen-bond donors (Lipinski definition) is 0. The van der Waals surface area contributed by atoms with Crippen LogP contribution in [0.2, 0.25) is 0 Å². The van der Waals surface area contributed by atoms with Gasteiger partial charge in [0.05, 0.1) is 43.7 Å². The summed E-state index contributed by atoms with van der Waals surface area (Å²) in [5.74, 6) is 0. The maximum atomic E-state index is 11.5. The predicted molar refractivity (Wildman–Crippen MR) is 274 cm³/mol. The number of hydrogen-bond acceptors (Lipinski definition) is 2. The Bertz CT molecular complexity index is 3850. The number of benzene rings is 10. The lowest BCUT2D eigenvalue weighted by Gasteiger charge is -2.17. The normalized spacial score (nSPS) is 11.7. The minimum absolute atomic E-state index is 0.665. The van der Waals surface area contributed by atoms with Gasteiger partial charge in [-0.25, -0.2) is 0 Å². The molecule has 0 aliphatic rings. The van der Waals surface area contributed by atoms with E-state index in [0.717, 1.165) is 86.6 Å². The van der Waals surface area contributed by atoms with Crippen molar-refractivity contribution in [3.8, 4) is 62.0 Å². The van der Waals surface area contributed by atoms with E-state index < -0.39 is 0 Å². The van der Waals surface area contributed by atoms with E-state index >= 15 is 0 Å². The molecule has 0 N–H and O–H groups in total. The first-order chi connectivity index (χ1) is 32.2. The molecule has 0 radical (unpaired) electrons. The van der Waals surface area contributed by atoms with Crippen molar-refractivity contribution in [2.45, 2.75) is 0 Å². The van der Waals surface area contributed by atoms with Crippen molar-refractivity contribution in [3.63, 3.8) is 0 Å². The third-order valence-electron chi connectivity index (χ3n) is 13.2. The smallest absolute Gasteiger partial charge is 0.102 e. The van der Waals surface area contributed by atoms with Crippen LogP contribution in [-0.2, 0) is 0 Å². The van der Waals surface area contributed by atoms with Gasteiger partial charge in [0, 0.05) is 37.0 Å². The molecular formula is C61H37N3S. The molecular weight excluding hydrogens is 807 g/mol. The van der Waals surface area contributed by atoms with Crippen LogP contribution in [0.1, 0.15) is 5.56 Å². The lowest BCUT2D eigenvalue weighted by molar-refractivity contribution is 1.14. The van der Waals surface area contributed by atoms with Crippen LogP contribution in [0, 0.1) is 11.3 Å². The van der Waals surface area contributed by atoms with Crippen LogP contribution in [-0.4, -0.2) is 9.13 Å². The number of nitriles is 1. The highest BCUT2D eigenvalue weighted by Crippen LogP contribution is 2.47. The minimum Gasteiger partial charge on any atom is -0.308 e. The van der Waals surface area contributed by atoms with Crippen molar-refractivity contribution in [2.75, 3.05) is 0 Å². The fourth-order valence-electron chi connectivity index (χ4n) is 10.1. The summed E-state index contributed by atoms with van der Waals surface area (Å²) in [6.45, 7) is 0. The summed E-state index contributed by atoms with van der Waals surface area (Å²) in [6, 6.07) is 83.4. The fourth-order valence-corrected chi connectivity index (χ4v) is 11.3. The molecule has 0 unspecified atom stereocenters. The van der Waals surface area contributed by atoms with Gasteiger partial charge in [-0.15, -0.1) is 11.3 Å². The van der Waals surface area contributed by atoms with Gasteiger partial charge in [-0.05, 0) is 105 Å². The van der Waals surface area contributed by atoms with Crippen LogP contribution in [0.3, 0.4) is 0 Å². The average molecular weight is 844 g/mol. The SMILES string of the molecule is N#Cc1c(-n2c3ccc(-c4ccccc4)cc3c3cc(-c4ccccc4)ccc32)cc(-n2c3ccc(-c4ccccc4)cc3c3cc(-c4ccccc4)ccc32)c2sc3ccccc3c12. The zero-order chi connectivity index (χ0) is 43.0. The van der Waals surface area contributed by atoms with Gasteiger partial charge in [-0.3, -0.25) is 0 Å². The highest BCUT2D eigenvalue weighted by molar-refractivity contribution is 7.26. The van der Waals surface area contributed by atoms with E-state index in [-0.39, 0.29) is 0 Å². The van der Waals surface area contributed by atoms with E-state index in [4.69, 9.17) is 0 Å². The Labute approximate surface area is 379 Å². The van der Waals surface area contributed by atoms with Gasteiger partial charge in [0.1, 0.15) is 6.07 Å². The first kappa shape index (κ1) is 37.1. The number of thiophene rings is 1.